The number of piperazine rings is 1. The summed E-state index contributed by atoms with van der Waals surface area (Å²) in [5.74, 6) is 1.17. The third-order valence-electron chi connectivity index (χ3n) is 6.47. The summed E-state index contributed by atoms with van der Waals surface area (Å²) in [6, 6.07) is 0. The Hall–Kier alpha value is -0.980. The molecule has 1 atom stereocenters. The number of nitrogens with zero attached hydrogens (tertiary/aromatic N) is 4. The van der Waals surface area contributed by atoms with Crippen LogP contribution in [0.15, 0.2) is 5.51 Å². The van der Waals surface area contributed by atoms with E-state index in [2.05, 4.69) is 33.7 Å². The lowest BCUT2D eigenvalue weighted by molar-refractivity contribution is -0.131. The third-order valence-corrected chi connectivity index (χ3v) is 7.39. The SMILES string of the molecule is Cc1ncsc1CN1CCN(C)[C@@]2(CCC(=O)N(CC3CC3)CC2)C1. The summed E-state index contributed by atoms with van der Waals surface area (Å²) in [6.45, 7) is 8.33. The zero-order valence-electron chi connectivity index (χ0n) is 15.5. The Kier molecular flexibility index (Phi) is 4.86. The first kappa shape index (κ1) is 17.4. The van der Waals surface area contributed by atoms with Crippen molar-refractivity contribution in [2.45, 2.75) is 51.1 Å². The van der Waals surface area contributed by atoms with Crippen molar-refractivity contribution in [2.24, 2.45) is 5.92 Å². The molecule has 1 amide bonds. The monoisotopic (exact) mass is 362 g/mol. The van der Waals surface area contributed by atoms with Crippen molar-refractivity contribution in [1.82, 2.24) is 19.7 Å². The van der Waals surface area contributed by atoms with Crippen molar-refractivity contribution in [3.05, 3.63) is 16.1 Å². The van der Waals surface area contributed by atoms with Crippen LogP contribution in [0.3, 0.4) is 0 Å². The van der Waals surface area contributed by atoms with Crippen LogP contribution >= 0.6 is 11.3 Å². The number of thiazole rings is 1. The number of hydrogen-bond donors (Lipinski definition) is 0. The number of likely N-dealkylation sites (N-methyl/N-ethyl adjacent to an activating group) is 1. The molecule has 5 nitrogen and oxygen atoms in total. The summed E-state index contributed by atoms with van der Waals surface area (Å²) in [7, 11) is 2.26. The predicted octanol–water partition coefficient (Wildman–Crippen LogP) is 2.36. The first-order valence-electron chi connectivity index (χ1n) is 9.66. The van der Waals surface area contributed by atoms with Crippen molar-refractivity contribution in [3.63, 3.8) is 0 Å². The van der Waals surface area contributed by atoms with E-state index in [1.807, 2.05) is 5.51 Å². The third kappa shape index (κ3) is 3.76. The highest BCUT2D eigenvalue weighted by molar-refractivity contribution is 7.09. The molecule has 1 aliphatic carbocycles. The number of carbonyl (C=O) groups excluding carboxylic acids is 1. The van der Waals surface area contributed by atoms with Gasteiger partial charge in [-0.2, -0.15) is 0 Å². The van der Waals surface area contributed by atoms with Gasteiger partial charge in [-0.15, -0.1) is 11.3 Å². The number of likely N-dealkylation sites (tertiary alicyclic amines) is 1. The Morgan fingerprint density at radius 1 is 1.28 bits per heavy atom. The summed E-state index contributed by atoms with van der Waals surface area (Å²) < 4.78 is 0. The number of aryl methyl sites for hydroxylation is 1. The number of carbonyl (C=O) groups is 1. The van der Waals surface area contributed by atoms with Crippen LogP contribution in [0.5, 0.6) is 0 Å². The molecule has 0 radical (unpaired) electrons. The topological polar surface area (TPSA) is 39.7 Å². The fraction of sp³-hybridized carbons (Fsp3) is 0.789. The molecule has 1 saturated carbocycles. The average Bonchev–Trinajstić information content (AvgIpc) is 3.35. The van der Waals surface area contributed by atoms with E-state index in [0.29, 0.717) is 12.3 Å². The maximum absolute atomic E-state index is 12.6. The van der Waals surface area contributed by atoms with Gasteiger partial charge in [0.2, 0.25) is 5.91 Å². The lowest BCUT2D eigenvalue weighted by atomic mass is 9.86. The van der Waals surface area contributed by atoms with E-state index >= 15 is 0 Å². The van der Waals surface area contributed by atoms with Crippen molar-refractivity contribution >= 4 is 17.2 Å². The molecule has 4 rings (SSSR count). The number of rotatable bonds is 4. The van der Waals surface area contributed by atoms with E-state index in [1.54, 1.807) is 11.3 Å². The van der Waals surface area contributed by atoms with Crippen LogP contribution in [0.2, 0.25) is 0 Å². The van der Waals surface area contributed by atoms with E-state index in [9.17, 15) is 4.79 Å². The van der Waals surface area contributed by atoms with Gasteiger partial charge in [-0.3, -0.25) is 14.6 Å². The Balaban J connectivity index is 1.44. The van der Waals surface area contributed by atoms with Crippen LogP contribution < -0.4 is 0 Å². The van der Waals surface area contributed by atoms with Crippen molar-refractivity contribution in [3.8, 4) is 0 Å². The summed E-state index contributed by atoms with van der Waals surface area (Å²) in [5.41, 5.74) is 3.28. The Bertz CT molecular complexity index is 629. The first-order chi connectivity index (χ1) is 12.1. The lowest BCUT2D eigenvalue weighted by Gasteiger charge is -2.49. The van der Waals surface area contributed by atoms with E-state index in [1.165, 1.54) is 23.4 Å². The first-order valence-corrected chi connectivity index (χ1v) is 10.5. The maximum Gasteiger partial charge on any atom is 0.222 e. The van der Waals surface area contributed by atoms with Crippen molar-refractivity contribution in [2.75, 3.05) is 39.8 Å². The maximum atomic E-state index is 12.6. The Labute approximate surface area is 155 Å². The molecule has 0 bridgehead atoms. The summed E-state index contributed by atoms with van der Waals surface area (Å²) in [4.78, 5) is 25.7. The molecule has 3 aliphatic rings. The lowest BCUT2D eigenvalue weighted by Crippen LogP contribution is -2.60. The largest absolute Gasteiger partial charge is 0.342 e. The molecule has 0 unspecified atom stereocenters. The van der Waals surface area contributed by atoms with Gasteiger partial charge < -0.3 is 4.90 Å². The second-order valence-corrected chi connectivity index (χ2v) is 9.19. The number of hydrogen-bond acceptors (Lipinski definition) is 5. The van der Waals surface area contributed by atoms with Gasteiger partial charge in [-0.25, -0.2) is 4.98 Å². The second-order valence-electron chi connectivity index (χ2n) is 8.25. The van der Waals surface area contributed by atoms with E-state index in [4.69, 9.17) is 0 Å². The molecule has 1 spiro atoms. The second kappa shape index (κ2) is 6.97. The molecular formula is C19H30N4OS. The van der Waals surface area contributed by atoms with Crippen molar-refractivity contribution in [1.29, 1.82) is 0 Å². The summed E-state index contributed by atoms with van der Waals surface area (Å²) in [6.07, 6.45) is 5.46. The Morgan fingerprint density at radius 2 is 2.12 bits per heavy atom. The summed E-state index contributed by atoms with van der Waals surface area (Å²) >= 11 is 1.77. The number of amides is 1. The van der Waals surface area contributed by atoms with E-state index < -0.39 is 0 Å². The Morgan fingerprint density at radius 3 is 2.84 bits per heavy atom. The van der Waals surface area contributed by atoms with Gasteiger partial charge in [0.25, 0.3) is 0 Å². The molecule has 2 saturated heterocycles. The van der Waals surface area contributed by atoms with E-state index in [0.717, 1.165) is 58.0 Å². The van der Waals surface area contributed by atoms with Gasteiger partial charge in [-0.1, -0.05) is 0 Å². The molecule has 1 aromatic rings. The zero-order valence-corrected chi connectivity index (χ0v) is 16.4. The minimum absolute atomic E-state index is 0.158. The van der Waals surface area contributed by atoms with Crippen LogP contribution in [-0.4, -0.2) is 70.9 Å². The van der Waals surface area contributed by atoms with Gasteiger partial charge in [0, 0.05) is 56.1 Å². The fourth-order valence-electron chi connectivity index (χ4n) is 4.40. The van der Waals surface area contributed by atoms with Gasteiger partial charge in [0.15, 0.2) is 0 Å². The highest BCUT2D eigenvalue weighted by Crippen LogP contribution is 2.35. The molecule has 25 heavy (non-hydrogen) atoms. The van der Waals surface area contributed by atoms with Crippen LogP contribution in [-0.2, 0) is 11.3 Å². The van der Waals surface area contributed by atoms with Crippen LogP contribution in [0.4, 0.5) is 0 Å². The summed E-state index contributed by atoms with van der Waals surface area (Å²) in [5, 5.41) is 0. The van der Waals surface area contributed by atoms with Gasteiger partial charge >= 0.3 is 0 Å². The predicted molar refractivity (Wildman–Crippen MR) is 101 cm³/mol. The van der Waals surface area contributed by atoms with E-state index in [-0.39, 0.29) is 5.54 Å². The van der Waals surface area contributed by atoms with Crippen LogP contribution in [0.1, 0.15) is 42.7 Å². The van der Waals surface area contributed by atoms with Gasteiger partial charge in [0.05, 0.1) is 11.2 Å². The molecule has 138 valence electrons. The molecule has 0 aromatic carbocycles. The quantitative estimate of drug-likeness (QED) is 0.824. The minimum Gasteiger partial charge on any atom is -0.342 e. The average molecular weight is 363 g/mol. The van der Waals surface area contributed by atoms with Gasteiger partial charge in [0.1, 0.15) is 0 Å². The fourth-order valence-corrected chi connectivity index (χ4v) is 5.21. The van der Waals surface area contributed by atoms with Crippen LogP contribution in [0, 0.1) is 12.8 Å². The molecule has 2 aliphatic heterocycles. The molecule has 3 fully saturated rings. The molecule has 3 heterocycles. The van der Waals surface area contributed by atoms with Gasteiger partial charge in [-0.05, 0) is 45.6 Å². The molecule has 1 aromatic heterocycles. The minimum atomic E-state index is 0.158. The highest BCUT2D eigenvalue weighted by Gasteiger charge is 2.42. The molecule has 6 heteroatoms. The standard InChI is InChI=1S/C19H30N4OS/c1-15-17(25-14-20-15)12-22-10-9-21(2)19(13-22)6-5-18(24)23(8-7-19)11-16-3-4-16/h14,16H,3-13H2,1-2H3/t19-/m1/s1. The van der Waals surface area contributed by atoms with Crippen molar-refractivity contribution < 1.29 is 4.79 Å². The van der Waals surface area contributed by atoms with Crippen LogP contribution in [0.25, 0.3) is 0 Å². The number of aromatic nitrogens is 1. The smallest absolute Gasteiger partial charge is 0.222 e. The molecule has 0 N–H and O–H groups in total. The molecular weight excluding hydrogens is 332 g/mol. The normalized spacial score (nSPS) is 29.4. The zero-order chi connectivity index (χ0) is 17.4. The highest BCUT2D eigenvalue weighted by atomic mass is 32.1.